The molecule has 4 bridgehead atoms. The quantitative estimate of drug-likeness (QED) is 0.0342. The van der Waals surface area contributed by atoms with Crippen molar-refractivity contribution in [1.29, 1.82) is 0 Å². The van der Waals surface area contributed by atoms with E-state index in [4.69, 9.17) is 109 Å². The average Bonchev–Trinajstić information content (AvgIpc) is 1.57. The van der Waals surface area contributed by atoms with Crippen molar-refractivity contribution in [2.75, 3.05) is 37.0 Å². The number of rotatable bonds is 20. The Morgan fingerprint density at radius 2 is 0.835 bits per heavy atom. The van der Waals surface area contributed by atoms with Gasteiger partial charge in [-0.2, -0.15) is 25.9 Å². The Labute approximate surface area is 554 Å². The smallest absolute Gasteiger partial charge is 0.387 e. The van der Waals surface area contributed by atoms with E-state index in [1.165, 1.54) is 4.57 Å². The van der Waals surface area contributed by atoms with Crippen molar-refractivity contribution >= 4 is 182 Å². The number of nitrogens with zero attached hydrogens (tertiary/aromatic N) is 12. The van der Waals surface area contributed by atoms with Crippen LogP contribution < -0.4 is 17.2 Å². The minimum Gasteiger partial charge on any atom is -0.387 e. The van der Waals surface area contributed by atoms with Gasteiger partial charge in [-0.25, -0.2) is 85.9 Å². The summed E-state index contributed by atoms with van der Waals surface area (Å²) < 4.78 is 252. The van der Waals surface area contributed by atoms with Crippen molar-refractivity contribution < 1.29 is 168 Å². The third kappa shape index (κ3) is 13.7. The van der Waals surface area contributed by atoms with Gasteiger partial charge in [0.15, 0.2) is 53.1 Å². The minimum absolute atomic E-state index is 0.00807. The summed E-state index contributed by atoms with van der Waals surface area (Å²) in [6.07, 6.45) is -14.3. The molecule has 7 unspecified atom stereocenters. The van der Waals surface area contributed by atoms with Crippen LogP contribution in [0, 0.1) is 0 Å². The largest absolute Gasteiger partial charge is 0.931 e. The second kappa shape index (κ2) is 25.7. The lowest BCUT2D eigenvalue weighted by atomic mass is 10.1. The fourth-order valence-corrected chi connectivity index (χ4v) is 42.4. The summed E-state index contributed by atoms with van der Waals surface area (Å²) in [5.41, 5.74) is 17.8. The van der Waals surface area contributed by atoms with Crippen molar-refractivity contribution in [1.82, 2.24) is 58.6 Å². The zero-order chi connectivity index (χ0) is 68.4. The number of ether oxygens (including phenoxy) is 3. The summed E-state index contributed by atoms with van der Waals surface area (Å²) >= 11 is -17.8. The first kappa shape index (κ1) is 70.7. The van der Waals surface area contributed by atoms with Crippen molar-refractivity contribution in [2.24, 2.45) is 0 Å². The van der Waals surface area contributed by atoms with Gasteiger partial charge in [-0.3, -0.25) is 27.3 Å². The highest BCUT2D eigenvalue weighted by Gasteiger charge is 2.73. The van der Waals surface area contributed by atoms with Crippen LogP contribution in [0.15, 0.2) is 38.0 Å². The van der Waals surface area contributed by atoms with Gasteiger partial charge in [0.25, 0.3) is 0 Å². The van der Waals surface area contributed by atoms with E-state index >= 15 is 0 Å². The Balaban J connectivity index is 0.641. The molecule has 19 atom stereocenters. The van der Waals surface area contributed by atoms with Crippen LogP contribution in [-0.2, 0) is 138 Å². The fraction of sp³-hybridized carbons (Fsp3) is 0.500. The molecule has 10 aliphatic heterocycles. The number of hydrogen-bond donors (Lipinski definition) is 9. The molecule has 54 nitrogen and oxygen atoms in total. The first-order valence-electron chi connectivity index (χ1n) is 26.4. The lowest BCUT2D eigenvalue weighted by Crippen LogP contribution is -2.39. The number of anilines is 3. The average molecular weight is 1620 g/mol. The number of imidazole rings is 3. The standard InChI is InChI=1S/3C10H16N5O13P3.4Al/c3*11-8-5-9(13-2-12-8)15(3-14-5)10-7(17)6(16)4(26-10)1-25-30(21,22)28-31(23,24)27-29(18,19)20;;;;/h3*2-4,6-7,10,16-17H,1H2,(H,21,22)(H,23,24)(H2,11,12,13)(H2,18,19,20);;;;/q;;;4*+3/p-12/t3*4-,6-,7-,10-;;;;/m111..../s1. The number of fused-ring (bicyclic) bond motifs is 7. The third-order valence-corrected chi connectivity index (χ3v) is 45.6. The number of aliphatic hydroxyl groups excluding tert-OH is 6. The van der Waals surface area contributed by atoms with Crippen LogP contribution in [0.2, 0.25) is 0 Å². The number of aromatic nitrogens is 12. The Hall–Kier alpha value is -1.95. The predicted molar refractivity (Wildman–Crippen MR) is 296 cm³/mol. The Morgan fingerprint density at radius 3 is 1.31 bits per heavy atom. The van der Waals surface area contributed by atoms with Crippen LogP contribution in [0.25, 0.3) is 33.5 Å². The van der Waals surface area contributed by atoms with Crippen molar-refractivity contribution in [3.8, 4) is 0 Å². The molecule has 10 saturated heterocycles. The second-order valence-electron chi connectivity index (χ2n) is 20.2. The number of nitrogen functional groups attached to an aromatic ring is 3. The van der Waals surface area contributed by atoms with E-state index < -0.39 is 224 Å². The zero-order valence-electron chi connectivity index (χ0n) is 46.6. The summed E-state index contributed by atoms with van der Waals surface area (Å²) in [4.78, 5) is 35.7. The van der Waals surface area contributed by atoms with E-state index in [9.17, 15) is 71.7 Å². The van der Waals surface area contributed by atoms with E-state index in [0.29, 0.717) is 0 Å². The minimum atomic E-state index is -6.17. The molecule has 12 N–H and O–H groups in total. The molecule has 522 valence electrons. The first-order valence-corrected chi connectivity index (χ1v) is 45.2. The molecule has 0 aromatic carbocycles. The predicted octanol–water partition coefficient (Wildman–Crippen LogP) is -0.547. The third-order valence-electron chi connectivity index (χ3n) is 14.0. The monoisotopic (exact) mass is 1620 g/mol. The van der Waals surface area contributed by atoms with Crippen molar-refractivity contribution in [3.63, 3.8) is 0 Å². The van der Waals surface area contributed by atoms with E-state index in [0.717, 1.165) is 47.1 Å². The van der Waals surface area contributed by atoms with Crippen LogP contribution in [0.3, 0.4) is 0 Å². The highest BCUT2D eigenvalue weighted by atomic mass is 31.3. The van der Waals surface area contributed by atoms with Crippen molar-refractivity contribution in [2.45, 2.75) is 73.6 Å². The number of nitrogens with two attached hydrogens (primary N) is 3. The van der Waals surface area contributed by atoms with Gasteiger partial charge < -0.3 is 105 Å². The van der Waals surface area contributed by atoms with Gasteiger partial charge in [0.05, 0.1) is 38.8 Å². The van der Waals surface area contributed by atoms with Gasteiger partial charge in [-0.1, -0.05) is 0 Å². The molecule has 16 rings (SSSR count). The normalized spacial score (nSPS) is 40.0. The van der Waals surface area contributed by atoms with Gasteiger partial charge in [0.1, 0.15) is 90.5 Å². The van der Waals surface area contributed by atoms with Crippen molar-refractivity contribution in [3.05, 3.63) is 38.0 Å². The topological polar surface area (TPSA) is 705 Å². The molecule has 97 heavy (non-hydrogen) atoms. The van der Waals surface area contributed by atoms with Gasteiger partial charge >= 0.3 is 131 Å². The molecular formula is C30H36Al4N15O39P9. The number of aliphatic hydroxyl groups is 6. The molecule has 0 saturated carbocycles. The summed E-state index contributed by atoms with van der Waals surface area (Å²) in [6.45, 7) is -3.40. The zero-order valence-corrected chi connectivity index (χ0v) is 59.3. The van der Waals surface area contributed by atoms with Crippen LogP contribution >= 0.6 is 70.4 Å². The first-order chi connectivity index (χ1) is 45.7. The molecule has 6 aromatic heterocycles. The lowest BCUT2D eigenvalue weighted by Gasteiger charge is -2.39. The highest BCUT2D eigenvalue weighted by molar-refractivity contribution is 7.74. The maximum atomic E-state index is 14.6. The van der Waals surface area contributed by atoms with E-state index in [1.807, 2.05) is 0 Å². The van der Waals surface area contributed by atoms with Gasteiger partial charge in [-0.05, 0) is 0 Å². The number of phosphoric acid groups is 9. The molecule has 0 aliphatic carbocycles. The van der Waals surface area contributed by atoms with E-state index in [-0.39, 0.29) is 50.9 Å². The maximum absolute atomic E-state index is 14.6. The van der Waals surface area contributed by atoms with Gasteiger partial charge in [0.2, 0.25) is 0 Å². The number of hydrogen-bond acceptors (Lipinski definition) is 51. The molecule has 6 aromatic rings. The summed E-state index contributed by atoms with van der Waals surface area (Å²) in [5.74, 6) is -0.218. The Kier molecular flexibility index (Phi) is 18.7. The molecule has 67 heteroatoms. The van der Waals surface area contributed by atoms with Crippen LogP contribution in [0.4, 0.5) is 17.5 Å². The summed E-state index contributed by atoms with van der Waals surface area (Å²) in [7, 11) is -50.3. The van der Waals surface area contributed by atoms with Crippen LogP contribution in [0.1, 0.15) is 18.7 Å². The molecule has 0 radical (unpaired) electrons. The molecule has 10 fully saturated rings. The highest BCUT2D eigenvalue weighted by Crippen LogP contribution is 2.84. The lowest BCUT2D eigenvalue weighted by molar-refractivity contribution is -0.0513. The van der Waals surface area contributed by atoms with Gasteiger partial charge in [-0.15, -0.1) is 0 Å². The fourth-order valence-electron chi connectivity index (χ4n) is 9.68. The Morgan fingerprint density at radius 1 is 0.443 bits per heavy atom. The summed E-state index contributed by atoms with van der Waals surface area (Å²) in [5, 5.41) is 66.0. The van der Waals surface area contributed by atoms with Gasteiger partial charge in [0, 0.05) is 0 Å². The van der Waals surface area contributed by atoms with E-state index in [1.54, 1.807) is 0 Å². The molecule has 0 spiro atoms. The Bertz CT molecular complexity index is 4610. The summed E-state index contributed by atoms with van der Waals surface area (Å²) in [6, 6.07) is 0. The maximum Gasteiger partial charge on any atom is 0.931 e. The molecule has 0 amide bonds. The molecule has 10 aliphatic rings. The van der Waals surface area contributed by atoms with E-state index in [2.05, 4.69) is 49.2 Å². The SMILES string of the molecule is Nc1ncnc2c1ncn2[C@@H]1O[C@H](COP2(=O)[O][Al]([O]P3(=O)[O][Al]4[O]P(=O)(OC[C@H]5O[C@@H](n6cnc7c(N)ncnc76)[C@H](O)[C@@H]5O)OP(=O)([O]4)O3)[O]P(=O)(OP3(=O)[O][Al]([O]P(=O)(OC[C@H]4O[C@@H](n5cnc6c(N)ncnc65)[C@H](O)[C@@H]4O)OP4(=O)[O][Al]5[O]P(=O)([O]5)O4)[O]3)O2)[C@@H](O)[C@H]1O. The second-order valence-corrected chi connectivity index (χ2v) is 45.4. The van der Waals surface area contributed by atoms with Crippen LogP contribution in [-0.4, -0.2) is 225 Å². The molecular weight excluding hydrogens is 1580 g/mol. The van der Waals surface area contributed by atoms with Crippen LogP contribution in [0.5, 0.6) is 0 Å². The molecule has 16 heterocycles.